The van der Waals surface area contributed by atoms with Gasteiger partial charge in [-0.25, -0.2) is 0 Å². The predicted molar refractivity (Wildman–Crippen MR) is 75.5 cm³/mol. The average molecular weight is 273 g/mol. The smallest absolute Gasteiger partial charge is 0.289 e. The second-order valence-electron chi connectivity index (χ2n) is 5.33. The van der Waals surface area contributed by atoms with Gasteiger partial charge in [0.1, 0.15) is 5.76 Å². The summed E-state index contributed by atoms with van der Waals surface area (Å²) in [6.07, 6.45) is 3.37. The van der Waals surface area contributed by atoms with Gasteiger partial charge in [-0.2, -0.15) is 5.10 Å². The molecule has 0 bridgehead atoms. The van der Waals surface area contributed by atoms with E-state index in [4.69, 9.17) is 4.42 Å². The zero-order valence-electron chi connectivity index (χ0n) is 11.9. The summed E-state index contributed by atoms with van der Waals surface area (Å²) in [5.74, 6) is 1.12. The maximum absolute atomic E-state index is 12.4. The van der Waals surface area contributed by atoms with Crippen molar-refractivity contribution in [2.75, 3.05) is 13.1 Å². The average Bonchev–Trinajstić information content (AvgIpc) is 3.06. The van der Waals surface area contributed by atoms with Gasteiger partial charge in [-0.15, -0.1) is 0 Å². The summed E-state index contributed by atoms with van der Waals surface area (Å²) < 4.78 is 5.75. The Morgan fingerprint density at radius 3 is 2.65 bits per heavy atom. The standard InChI is InChI=1S/C15H19N3O2/c1-10-14(11(2)17-16-10)12-6-7-13(20-12)15(19)18-8-4-3-5-9-18/h6-7H,3-5,8-9H2,1-2H3,(H,16,17). The normalized spacial score (nSPS) is 15.6. The maximum Gasteiger partial charge on any atom is 0.289 e. The molecule has 0 atom stereocenters. The van der Waals surface area contributed by atoms with E-state index in [1.54, 1.807) is 6.07 Å². The Hall–Kier alpha value is -2.04. The van der Waals surface area contributed by atoms with E-state index in [-0.39, 0.29) is 5.91 Å². The fourth-order valence-corrected chi connectivity index (χ4v) is 2.75. The number of aryl methyl sites for hydroxylation is 2. The number of furan rings is 1. The Morgan fingerprint density at radius 1 is 1.25 bits per heavy atom. The van der Waals surface area contributed by atoms with Gasteiger partial charge in [-0.3, -0.25) is 9.89 Å². The molecule has 0 radical (unpaired) electrons. The molecule has 1 saturated heterocycles. The van der Waals surface area contributed by atoms with Gasteiger partial charge in [0.15, 0.2) is 5.76 Å². The van der Waals surface area contributed by atoms with Gasteiger partial charge in [-0.05, 0) is 45.2 Å². The minimum absolute atomic E-state index is 0.00486. The van der Waals surface area contributed by atoms with Crippen molar-refractivity contribution in [1.29, 1.82) is 0 Å². The number of nitrogens with one attached hydrogen (secondary N) is 1. The van der Waals surface area contributed by atoms with E-state index in [0.717, 1.165) is 42.9 Å². The second-order valence-corrected chi connectivity index (χ2v) is 5.33. The highest BCUT2D eigenvalue weighted by Gasteiger charge is 2.22. The van der Waals surface area contributed by atoms with Crippen LogP contribution in [0.15, 0.2) is 16.5 Å². The topological polar surface area (TPSA) is 62.1 Å². The molecule has 1 fully saturated rings. The molecule has 0 aliphatic carbocycles. The molecular weight excluding hydrogens is 254 g/mol. The first-order valence-corrected chi connectivity index (χ1v) is 7.08. The maximum atomic E-state index is 12.4. The zero-order chi connectivity index (χ0) is 14.1. The molecule has 5 nitrogen and oxygen atoms in total. The number of carbonyl (C=O) groups is 1. The van der Waals surface area contributed by atoms with Crippen LogP contribution in [-0.2, 0) is 0 Å². The second kappa shape index (κ2) is 5.15. The van der Waals surface area contributed by atoms with Gasteiger partial charge in [-0.1, -0.05) is 0 Å². The van der Waals surface area contributed by atoms with Crippen molar-refractivity contribution in [3.8, 4) is 11.3 Å². The summed E-state index contributed by atoms with van der Waals surface area (Å²) in [6.45, 7) is 5.54. The van der Waals surface area contributed by atoms with Crippen LogP contribution in [-0.4, -0.2) is 34.1 Å². The summed E-state index contributed by atoms with van der Waals surface area (Å²) in [5, 5.41) is 7.09. The summed E-state index contributed by atoms with van der Waals surface area (Å²) in [7, 11) is 0. The molecule has 3 heterocycles. The molecule has 2 aromatic rings. The molecule has 1 N–H and O–H groups in total. The molecule has 2 aromatic heterocycles. The molecule has 20 heavy (non-hydrogen) atoms. The highest BCUT2D eigenvalue weighted by molar-refractivity contribution is 5.92. The number of aromatic nitrogens is 2. The third-order valence-corrected chi connectivity index (χ3v) is 3.83. The van der Waals surface area contributed by atoms with E-state index in [0.29, 0.717) is 11.5 Å². The van der Waals surface area contributed by atoms with Crippen molar-refractivity contribution < 1.29 is 9.21 Å². The zero-order valence-corrected chi connectivity index (χ0v) is 11.9. The van der Waals surface area contributed by atoms with E-state index < -0.39 is 0 Å². The van der Waals surface area contributed by atoms with Gasteiger partial charge in [0, 0.05) is 18.8 Å². The molecule has 0 spiro atoms. The Morgan fingerprint density at radius 2 is 2.00 bits per heavy atom. The Bertz CT molecular complexity index is 601. The highest BCUT2D eigenvalue weighted by Crippen LogP contribution is 2.28. The first-order valence-electron chi connectivity index (χ1n) is 7.08. The van der Waals surface area contributed by atoms with Crippen molar-refractivity contribution in [3.05, 3.63) is 29.3 Å². The van der Waals surface area contributed by atoms with Crippen LogP contribution in [0.25, 0.3) is 11.3 Å². The number of rotatable bonds is 2. The van der Waals surface area contributed by atoms with Gasteiger partial charge >= 0.3 is 0 Å². The first kappa shape index (κ1) is 13.0. The number of likely N-dealkylation sites (tertiary alicyclic amines) is 1. The number of hydrogen-bond donors (Lipinski definition) is 1. The van der Waals surface area contributed by atoms with Crippen LogP contribution in [0, 0.1) is 13.8 Å². The van der Waals surface area contributed by atoms with Crippen LogP contribution in [0.2, 0.25) is 0 Å². The molecule has 3 rings (SSSR count). The first-order chi connectivity index (χ1) is 9.66. The van der Waals surface area contributed by atoms with Crippen LogP contribution in [0.1, 0.15) is 41.2 Å². The number of piperidine rings is 1. The van der Waals surface area contributed by atoms with Crippen LogP contribution < -0.4 is 0 Å². The lowest BCUT2D eigenvalue weighted by Crippen LogP contribution is -2.35. The van der Waals surface area contributed by atoms with Crippen molar-refractivity contribution in [1.82, 2.24) is 15.1 Å². The molecule has 1 aliphatic heterocycles. The molecule has 5 heteroatoms. The van der Waals surface area contributed by atoms with E-state index in [9.17, 15) is 4.79 Å². The molecule has 1 amide bonds. The summed E-state index contributed by atoms with van der Waals surface area (Å²) in [4.78, 5) is 14.2. The van der Waals surface area contributed by atoms with Crippen molar-refractivity contribution >= 4 is 5.91 Å². The predicted octanol–water partition coefficient (Wildman–Crippen LogP) is 2.91. The quantitative estimate of drug-likeness (QED) is 0.915. The number of H-pyrrole nitrogens is 1. The van der Waals surface area contributed by atoms with Crippen LogP contribution in [0.4, 0.5) is 0 Å². The van der Waals surface area contributed by atoms with Gasteiger partial charge in [0.2, 0.25) is 0 Å². The lowest BCUT2D eigenvalue weighted by Gasteiger charge is -2.25. The summed E-state index contributed by atoms with van der Waals surface area (Å²) >= 11 is 0. The van der Waals surface area contributed by atoms with Gasteiger partial charge < -0.3 is 9.32 Å². The molecular formula is C15H19N3O2. The number of carbonyl (C=O) groups excluding carboxylic acids is 1. The third-order valence-electron chi connectivity index (χ3n) is 3.83. The number of hydrogen-bond acceptors (Lipinski definition) is 3. The van der Waals surface area contributed by atoms with Crippen molar-refractivity contribution in [2.45, 2.75) is 33.1 Å². The fourth-order valence-electron chi connectivity index (χ4n) is 2.75. The molecule has 0 aromatic carbocycles. The SMILES string of the molecule is Cc1n[nH]c(C)c1-c1ccc(C(=O)N2CCCCC2)o1. The minimum atomic E-state index is -0.00486. The minimum Gasteiger partial charge on any atom is -0.451 e. The Labute approximate surface area is 118 Å². The summed E-state index contributed by atoms with van der Waals surface area (Å²) in [6, 6.07) is 3.61. The van der Waals surface area contributed by atoms with Crippen LogP contribution in [0.3, 0.4) is 0 Å². The van der Waals surface area contributed by atoms with E-state index >= 15 is 0 Å². The Kier molecular flexibility index (Phi) is 3.34. The van der Waals surface area contributed by atoms with Crippen molar-refractivity contribution in [3.63, 3.8) is 0 Å². The van der Waals surface area contributed by atoms with Crippen molar-refractivity contribution in [2.24, 2.45) is 0 Å². The lowest BCUT2D eigenvalue weighted by atomic mass is 10.1. The lowest BCUT2D eigenvalue weighted by molar-refractivity contribution is 0.0693. The van der Waals surface area contributed by atoms with Crippen LogP contribution >= 0.6 is 0 Å². The van der Waals surface area contributed by atoms with E-state index in [2.05, 4.69) is 10.2 Å². The van der Waals surface area contributed by atoms with Crippen LogP contribution in [0.5, 0.6) is 0 Å². The molecule has 0 unspecified atom stereocenters. The molecule has 106 valence electrons. The summed E-state index contributed by atoms with van der Waals surface area (Å²) in [5.41, 5.74) is 2.78. The number of amides is 1. The van der Waals surface area contributed by atoms with E-state index in [1.165, 1.54) is 6.42 Å². The monoisotopic (exact) mass is 273 g/mol. The Balaban J connectivity index is 1.85. The van der Waals surface area contributed by atoms with E-state index in [1.807, 2.05) is 24.8 Å². The fraction of sp³-hybridized carbons (Fsp3) is 0.467. The van der Waals surface area contributed by atoms with Gasteiger partial charge in [0.05, 0.1) is 11.3 Å². The molecule has 1 aliphatic rings. The van der Waals surface area contributed by atoms with Gasteiger partial charge in [0.25, 0.3) is 5.91 Å². The molecule has 0 saturated carbocycles. The number of aromatic amines is 1. The third kappa shape index (κ3) is 2.24. The highest BCUT2D eigenvalue weighted by atomic mass is 16.4. The largest absolute Gasteiger partial charge is 0.451 e. The number of nitrogens with zero attached hydrogens (tertiary/aromatic N) is 2.